The Bertz CT molecular complexity index is 588. The number of esters is 1. The third kappa shape index (κ3) is 3.41. The van der Waals surface area contributed by atoms with Crippen LogP contribution in [0.5, 0.6) is 11.5 Å². The minimum atomic E-state index is -0.493. The van der Waals surface area contributed by atoms with Gasteiger partial charge in [0, 0.05) is 0 Å². The van der Waals surface area contributed by atoms with Gasteiger partial charge in [0.15, 0.2) is 11.5 Å². The average Bonchev–Trinajstić information content (AvgIpc) is 2.46. The van der Waals surface area contributed by atoms with Gasteiger partial charge in [0.25, 0.3) is 0 Å². The van der Waals surface area contributed by atoms with Crippen LogP contribution in [0.1, 0.15) is 15.9 Å². The second-order valence-corrected chi connectivity index (χ2v) is 5.23. The number of hydrogen-bond donors (Lipinski definition) is 1. The lowest BCUT2D eigenvalue weighted by molar-refractivity contribution is 0.0600. The van der Waals surface area contributed by atoms with Gasteiger partial charge >= 0.3 is 5.97 Å². The summed E-state index contributed by atoms with van der Waals surface area (Å²) < 4.78 is 10.9. The molecule has 1 N–H and O–H groups in total. The Balaban J connectivity index is 2.18. The van der Waals surface area contributed by atoms with Crippen LogP contribution in [0.3, 0.4) is 0 Å². The molecule has 0 aromatic heterocycles. The molecule has 0 aliphatic rings. The first-order valence-corrected chi connectivity index (χ1v) is 6.97. The first-order chi connectivity index (χ1) is 9.61. The van der Waals surface area contributed by atoms with E-state index in [9.17, 15) is 9.90 Å². The Labute approximate surface area is 130 Å². The van der Waals surface area contributed by atoms with Gasteiger partial charge in [0.05, 0.1) is 16.2 Å². The van der Waals surface area contributed by atoms with Crippen LogP contribution in [0, 0.1) is 3.57 Å². The zero-order valence-electron chi connectivity index (χ0n) is 10.8. The highest BCUT2D eigenvalue weighted by molar-refractivity contribution is 14.1. The van der Waals surface area contributed by atoms with Gasteiger partial charge in [0.1, 0.15) is 6.61 Å². The van der Waals surface area contributed by atoms with Crippen LogP contribution in [0.4, 0.5) is 0 Å². The quantitative estimate of drug-likeness (QED) is 0.649. The largest absolute Gasteiger partial charge is 0.504 e. The number of hydrogen-bond acceptors (Lipinski definition) is 4. The van der Waals surface area contributed by atoms with Crippen molar-refractivity contribution in [3.63, 3.8) is 0 Å². The summed E-state index contributed by atoms with van der Waals surface area (Å²) in [5.41, 5.74) is 1.29. The Kier molecular flexibility index (Phi) is 4.84. The predicted molar refractivity (Wildman–Crippen MR) is 82.9 cm³/mol. The molecule has 0 aliphatic carbocycles. The molecular formula is C15H13IO4. The number of phenolic OH excluding ortho intramolecular Hbond substituents is 1. The van der Waals surface area contributed by atoms with E-state index in [2.05, 4.69) is 4.74 Å². The lowest BCUT2D eigenvalue weighted by Crippen LogP contribution is -2.03. The van der Waals surface area contributed by atoms with Crippen molar-refractivity contribution in [1.82, 2.24) is 0 Å². The molecule has 0 radical (unpaired) electrons. The van der Waals surface area contributed by atoms with Crippen molar-refractivity contribution in [2.45, 2.75) is 6.61 Å². The third-order valence-corrected chi connectivity index (χ3v) is 3.47. The smallest absolute Gasteiger partial charge is 0.338 e. The third-order valence-electron chi connectivity index (χ3n) is 2.67. The number of phenols is 1. The van der Waals surface area contributed by atoms with Gasteiger partial charge in [-0.1, -0.05) is 30.3 Å². The molecule has 4 nitrogen and oxygen atoms in total. The monoisotopic (exact) mass is 384 g/mol. The Hall–Kier alpha value is -1.76. The molecule has 2 aromatic carbocycles. The summed E-state index contributed by atoms with van der Waals surface area (Å²) in [7, 11) is 1.30. The fourth-order valence-electron chi connectivity index (χ4n) is 1.69. The van der Waals surface area contributed by atoms with Crippen LogP contribution < -0.4 is 4.74 Å². The molecule has 0 aliphatic heterocycles. The summed E-state index contributed by atoms with van der Waals surface area (Å²) in [4.78, 5) is 11.4. The van der Waals surface area contributed by atoms with E-state index in [4.69, 9.17) is 4.74 Å². The summed E-state index contributed by atoms with van der Waals surface area (Å²) in [5, 5.41) is 9.96. The summed E-state index contributed by atoms with van der Waals surface area (Å²) >= 11 is 2.01. The molecule has 0 unspecified atom stereocenters. The lowest BCUT2D eigenvalue weighted by Gasteiger charge is -2.11. The highest BCUT2D eigenvalue weighted by Crippen LogP contribution is 2.33. The maximum absolute atomic E-state index is 11.4. The van der Waals surface area contributed by atoms with E-state index in [1.165, 1.54) is 13.2 Å². The fourth-order valence-corrected chi connectivity index (χ4v) is 2.45. The number of aromatic hydroxyl groups is 1. The Morgan fingerprint density at radius 3 is 2.55 bits per heavy atom. The molecular weight excluding hydrogens is 371 g/mol. The standard InChI is InChI=1S/C15H13IO4/c1-19-15(18)11-7-12(16)14(13(17)8-11)20-9-10-5-3-2-4-6-10/h2-8,17H,9H2,1H3. The first kappa shape index (κ1) is 14.6. The molecule has 5 heteroatoms. The van der Waals surface area contributed by atoms with Gasteiger partial charge in [0.2, 0.25) is 0 Å². The predicted octanol–water partition coefficient (Wildman–Crippen LogP) is 3.36. The van der Waals surface area contributed by atoms with Crippen molar-refractivity contribution in [2.24, 2.45) is 0 Å². The van der Waals surface area contributed by atoms with Gasteiger partial charge < -0.3 is 14.6 Å². The average molecular weight is 384 g/mol. The Morgan fingerprint density at radius 1 is 1.25 bits per heavy atom. The molecule has 0 saturated heterocycles. The van der Waals surface area contributed by atoms with Crippen LogP contribution in [0.15, 0.2) is 42.5 Å². The van der Waals surface area contributed by atoms with Gasteiger partial charge in [-0.25, -0.2) is 4.79 Å². The summed E-state index contributed by atoms with van der Waals surface area (Å²) in [6.07, 6.45) is 0. The van der Waals surface area contributed by atoms with Crippen molar-refractivity contribution in [3.05, 3.63) is 57.2 Å². The normalized spacial score (nSPS) is 10.1. The minimum absolute atomic E-state index is 0.0757. The molecule has 0 atom stereocenters. The SMILES string of the molecule is COC(=O)c1cc(O)c(OCc2ccccc2)c(I)c1. The number of rotatable bonds is 4. The summed E-state index contributed by atoms with van der Waals surface area (Å²) in [6, 6.07) is 12.6. The second-order valence-electron chi connectivity index (χ2n) is 4.07. The maximum atomic E-state index is 11.4. The van der Waals surface area contributed by atoms with E-state index >= 15 is 0 Å². The highest BCUT2D eigenvalue weighted by atomic mass is 127. The van der Waals surface area contributed by atoms with Crippen LogP contribution in [-0.4, -0.2) is 18.2 Å². The van der Waals surface area contributed by atoms with E-state index in [1.807, 2.05) is 52.9 Å². The topological polar surface area (TPSA) is 55.8 Å². The van der Waals surface area contributed by atoms with Crippen molar-refractivity contribution >= 4 is 28.6 Å². The fraction of sp³-hybridized carbons (Fsp3) is 0.133. The minimum Gasteiger partial charge on any atom is -0.504 e. The van der Waals surface area contributed by atoms with Crippen molar-refractivity contribution in [1.29, 1.82) is 0 Å². The van der Waals surface area contributed by atoms with Gasteiger partial charge in [-0.3, -0.25) is 0 Å². The van der Waals surface area contributed by atoms with Gasteiger partial charge in [-0.2, -0.15) is 0 Å². The molecule has 20 heavy (non-hydrogen) atoms. The summed E-state index contributed by atoms with van der Waals surface area (Å²) in [6.45, 7) is 0.349. The molecule has 0 spiro atoms. The van der Waals surface area contributed by atoms with Crippen molar-refractivity contribution in [2.75, 3.05) is 7.11 Å². The number of benzene rings is 2. The first-order valence-electron chi connectivity index (χ1n) is 5.89. The zero-order chi connectivity index (χ0) is 14.5. The van der Waals surface area contributed by atoms with E-state index < -0.39 is 5.97 Å². The van der Waals surface area contributed by atoms with Crippen LogP contribution in [0.2, 0.25) is 0 Å². The van der Waals surface area contributed by atoms with E-state index in [0.29, 0.717) is 21.5 Å². The molecule has 104 valence electrons. The molecule has 0 bridgehead atoms. The number of ether oxygens (including phenoxy) is 2. The molecule has 2 rings (SSSR count). The number of halogens is 1. The molecule has 0 fully saturated rings. The molecule has 2 aromatic rings. The highest BCUT2D eigenvalue weighted by Gasteiger charge is 2.14. The van der Waals surface area contributed by atoms with Crippen LogP contribution >= 0.6 is 22.6 Å². The molecule has 0 heterocycles. The Morgan fingerprint density at radius 2 is 1.95 bits per heavy atom. The van der Waals surface area contributed by atoms with Gasteiger partial charge in [-0.05, 0) is 40.3 Å². The zero-order valence-corrected chi connectivity index (χ0v) is 13.0. The number of carbonyl (C=O) groups excluding carboxylic acids is 1. The molecule has 0 saturated carbocycles. The van der Waals surface area contributed by atoms with Gasteiger partial charge in [-0.15, -0.1) is 0 Å². The van der Waals surface area contributed by atoms with Crippen molar-refractivity contribution in [3.8, 4) is 11.5 Å². The van der Waals surface area contributed by atoms with E-state index in [-0.39, 0.29) is 5.75 Å². The lowest BCUT2D eigenvalue weighted by atomic mass is 10.2. The van der Waals surface area contributed by atoms with Crippen molar-refractivity contribution < 1.29 is 19.4 Å². The molecule has 0 amide bonds. The van der Waals surface area contributed by atoms with Crippen LogP contribution in [0.25, 0.3) is 0 Å². The summed E-state index contributed by atoms with van der Waals surface area (Å²) in [5.74, 6) is -0.205. The van der Waals surface area contributed by atoms with E-state index in [0.717, 1.165) is 5.56 Å². The maximum Gasteiger partial charge on any atom is 0.338 e. The van der Waals surface area contributed by atoms with Crippen LogP contribution in [-0.2, 0) is 11.3 Å². The number of carbonyl (C=O) groups is 1. The second kappa shape index (κ2) is 6.60. The number of methoxy groups -OCH3 is 1. The van der Waals surface area contributed by atoms with E-state index in [1.54, 1.807) is 6.07 Å².